The second-order valence-electron chi connectivity index (χ2n) is 7.80. The Kier molecular flexibility index (Phi) is 5.51. The van der Waals surface area contributed by atoms with Crippen LogP contribution in [0.4, 0.5) is 5.69 Å². The van der Waals surface area contributed by atoms with Crippen molar-refractivity contribution in [1.29, 1.82) is 0 Å². The van der Waals surface area contributed by atoms with Gasteiger partial charge >= 0.3 is 0 Å². The third kappa shape index (κ3) is 3.77. The van der Waals surface area contributed by atoms with Gasteiger partial charge in [0.1, 0.15) is 5.70 Å². The molecule has 1 aromatic carbocycles. The second kappa shape index (κ2) is 7.71. The molecule has 0 aliphatic carbocycles. The minimum atomic E-state index is -0.489. The van der Waals surface area contributed by atoms with Crippen LogP contribution in [0.3, 0.4) is 0 Å². The average molecular weight is 387 g/mol. The topological polar surface area (TPSA) is 93.0 Å². The summed E-state index contributed by atoms with van der Waals surface area (Å²) >= 11 is 0. The fraction of sp³-hybridized carbons (Fsp3) is 0.500. The van der Waals surface area contributed by atoms with E-state index in [-0.39, 0.29) is 35.6 Å². The van der Waals surface area contributed by atoms with Gasteiger partial charge in [0, 0.05) is 31.8 Å². The molecule has 8 nitrogen and oxygen atoms in total. The molecule has 0 aromatic heterocycles. The van der Waals surface area contributed by atoms with E-state index >= 15 is 0 Å². The Morgan fingerprint density at radius 2 is 1.68 bits per heavy atom. The van der Waals surface area contributed by atoms with Crippen LogP contribution < -0.4 is 0 Å². The first-order valence-electron chi connectivity index (χ1n) is 9.44. The lowest BCUT2D eigenvalue weighted by molar-refractivity contribution is -0.384. The van der Waals surface area contributed by atoms with Crippen LogP contribution in [0, 0.1) is 16.0 Å². The average Bonchev–Trinajstić information content (AvgIpc) is 2.85. The maximum Gasteiger partial charge on any atom is 0.277 e. The number of carbonyl (C=O) groups is 2. The van der Waals surface area contributed by atoms with E-state index in [2.05, 4.69) is 0 Å². The fourth-order valence-electron chi connectivity index (χ4n) is 3.76. The van der Waals surface area contributed by atoms with Gasteiger partial charge in [0.2, 0.25) is 0 Å². The highest BCUT2D eigenvalue weighted by atomic mass is 16.6. The summed E-state index contributed by atoms with van der Waals surface area (Å²) in [5.74, 6) is -0.532. The molecule has 28 heavy (non-hydrogen) atoms. The van der Waals surface area contributed by atoms with E-state index in [0.717, 1.165) is 0 Å². The molecule has 2 amide bonds. The quantitative estimate of drug-likeness (QED) is 0.438. The van der Waals surface area contributed by atoms with E-state index in [1.54, 1.807) is 0 Å². The van der Waals surface area contributed by atoms with Gasteiger partial charge in [0.05, 0.1) is 22.7 Å². The number of hydrogen-bond donors (Lipinski definition) is 0. The monoisotopic (exact) mass is 387 g/mol. The van der Waals surface area contributed by atoms with Crippen LogP contribution in [0.2, 0.25) is 0 Å². The Hall–Kier alpha value is -2.74. The van der Waals surface area contributed by atoms with Gasteiger partial charge in [-0.3, -0.25) is 24.6 Å². The van der Waals surface area contributed by atoms with Crippen molar-refractivity contribution < 1.29 is 19.2 Å². The first kappa shape index (κ1) is 20.0. The molecule has 1 aromatic rings. The van der Waals surface area contributed by atoms with Gasteiger partial charge in [-0.2, -0.15) is 0 Å². The number of carbonyl (C=O) groups excluding carboxylic acids is 2. The molecule has 0 saturated carbocycles. The smallest absolute Gasteiger partial charge is 0.277 e. The standard InChI is InChI=1S/C20H25N3O5/c1-12(2)9-22-19(24)17(15-5-7-16(8-6-15)23(26)27)18(20(22)25)21-10-13(3)28-14(4)11-21/h5-8,12-14H,9-11H2,1-4H3. The van der Waals surface area contributed by atoms with Crippen LogP contribution in [0.15, 0.2) is 30.0 Å². The van der Waals surface area contributed by atoms with E-state index in [1.807, 2.05) is 32.6 Å². The van der Waals surface area contributed by atoms with E-state index in [4.69, 9.17) is 4.74 Å². The van der Waals surface area contributed by atoms with Crippen molar-refractivity contribution in [3.63, 3.8) is 0 Å². The Morgan fingerprint density at radius 3 is 2.18 bits per heavy atom. The number of morpholine rings is 1. The van der Waals surface area contributed by atoms with E-state index < -0.39 is 4.92 Å². The van der Waals surface area contributed by atoms with Crippen LogP contribution in [0.25, 0.3) is 5.57 Å². The molecule has 3 rings (SSSR count). The van der Waals surface area contributed by atoms with Crippen molar-refractivity contribution in [2.24, 2.45) is 5.92 Å². The zero-order valence-corrected chi connectivity index (χ0v) is 16.5. The van der Waals surface area contributed by atoms with Gasteiger partial charge in [0.25, 0.3) is 17.5 Å². The summed E-state index contributed by atoms with van der Waals surface area (Å²) in [5, 5.41) is 10.9. The molecule has 2 heterocycles. The normalized spacial score (nSPS) is 23.2. The summed E-state index contributed by atoms with van der Waals surface area (Å²) < 4.78 is 5.76. The first-order chi connectivity index (χ1) is 13.2. The van der Waals surface area contributed by atoms with Crippen LogP contribution in [-0.4, -0.2) is 58.4 Å². The van der Waals surface area contributed by atoms with Gasteiger partial charge in [-0.15, -0.1) is 0 Å². The molecule has 2 aliphatic rings. The molecule has 0 radical (unpaired) electrons. The number of hydrogen-bond acceptors (Lipinski definition) is 6. The lowest BCUT2D eigenvalue weighted by Gasteiger charge is -2.37. The highest BCUT2D eigenvalue weighted by Gasteiger charge is 2.43. The molecule has 2 unspecified atom stereocenters. The summed E-state index contributed by atoms with van der Waals surface area (Å²) in [5.41, 5.74) is 1.12. The Bertz CT molecular complexity index is 821. The summed E-state index contributed by atoms with van der Waals surface area (Å²) in [6, 6.07) is 5.77. The van der Waals surface area contributed by atoms with Gasteiger partial charge < -0.3 is 9.64 Å². The van der Waals surface area contributed by atoms with Crippen molar-refractivity contribution >= 4 is 23.1 Å². The van der Waals surface area contributed by atoms with Gasteiger partial charge in [-0.1, -0.05) is 13.8 Å². The highest BCUT2D eigenvalue weighted by Crippen LogP contribution is 2.34. The highest BCUT2D eigenvalue weighted by molar-refractivity contribution is 6.35. The van der Waals surface area contributed by atoms with Crippen LogP contribution in [-0.2, 0) is 14.3 Å². The molecule has 8 heteroatoms. The van der Waals surface area contributed by atoms with E-state index in [1.165, 1.54) is 29.2 Å². The number of amides is 2. The summed E-state index contributed by atoms with van der Waals surface area (Å²) in [6.45, 7) is 9.10. The molecule has 1 fully saturated rings. The van der Waals surface area contributed by atoms with Crippen LogP contribution in [0.1, 0.15) is 33.3 Å². The zero-order chi connectivity index (χ0) is 20.6. The van der Waals surface area contributed by atoms with E-state index in [0.29, 0.717) is 36.5 Å². The third-order valence-corrected chi connectivity index (χ3v) is 4.79. The maximum absolute atomic E-state index is 13.2. The van der Waals surface area contributed by atoms with Crippen LogP contribution >= 0.6 is 0 Å². The molecule has 0 spiro atoms. The maximum atomic E-state index is 13.2. The SMILES string of the molecule is CC(C)CN1C(=O)C(c2ccc([N+](=O)[O-])cc2)=C(N2CC(C)OC(C)C2)C1=O. The zero-order valence-electron chi connectivity index (χ0n) is 16.5. The number of nitro benzene ring substituents is 1. The third-order valence-electron chi connectivity index (χ3n) is 4.79. The lowest BCUT2D eigenvalue weighted by atomic mass is 10.0. The lowest BCUT2D eigenvalue weighted by Crippen LogP contribution is -2.47. The molecule has 1 saturated heterocycles. The number of non-ortho nitro benzene ring substituents is 1. The van der Waals surface area contributed by atoms with Crippen molar-refractivity contribution in [2.45, 2.75) is 39.9 Å². The summed E-state index contributed by atoms with van der Waals surface area (Å²) in [7, 11) is 0. The minimum Gasteiger partial charge on any atom is -0.372 e. The van der Waals surface area contributed by atoms with E-state index in [9.17, 15) is 19.7 Å². The summed E-state index contributed by atoms with van der Waals surface area (Å²) in [4.78, 5) is 40.0. The number of rotatable bonds is 5. The van der Waals surface area contributed by atoms with Crippen molar-refractivity contribution in [2.75, 3.05) is 19.6 Å². The molecule has 0 bridgehead atoms. The molecule has 0 N–H and O–H groups in total. The van der Waals surface area contributed by atoms with Crippen LogP contribution in [0.5, 0.6) is 0 Å². The van der Waals surface area contributed by atoms with Gasteiger partial charge in [-0.25, -0.2) is 0 Å². The molecular weight excluding hydrogens is 362 g/mol. The fourth-order valence-corrected chi connectivity index (χ4v) is 3.76. The number of benzene rings is 1. The van der Waals surface area contributed by atoms with Crippen molar-refractivity contribution in [1.82, 2.24) is 9.80 Å². The number of nitrogens with zero attached hydrogens (tertiary/aromatic N) is 3. The van der Waals surface area contributed by atoms with Gasteiger partial charge in [-0.05, 0) is 37.5 Å². The molecule has 150 valence electrons. The number of nitro groups is 1. The molecule has 2 atom stereocenters. The molecular formula is C20H25N3O5. The first-order valence-corrected chi connectivity index (χ1v) is 9.44. The largest absolute Gasteiger partial charge is 0.372 e. The molecule has 2 aliphatic heterocycles. The Balaban J connectivity index is 2.07. The second-order valence-corrected chi connectivity index (χ2v) is 7.80. The van der Waals surface area contributed by atoms with Crippen molar-refractivity contribution in [3.8, 4) is 0 Å². The number of imide groups is 1. The number of ether oxygens (including phenoxy) is 1. The van der Waals surface area contributed by atoms with Gasteiger partial charge in [0.15, 0.2) is 0 Å². The summed E-state index contributed by atoms with van der Waals surface area (Å²) in [6.07, 6.45) is -0.146. The Morgan fingerprint density at radius 1 is 1.11 bits per heavy atom. The minimum absolute atomic E-state index is 0.0599. The predicted molar refractivity (Wildman–Crippen MR) is 103 cm³/mol. The Labute approximate surface area is 163 Å². The predicted octanol–water partition coefficient (Wildman–Crippen LogP) is 2.44. The van der Waals surface area contributed by atoms with Crippen molar-refractivity contribution in [3.05, 3.63) is 45.6 Å².